The normalized spacial score (nSPS) is 11.8. The number of benzene rings is 3. The third-order valence-corrected chi connectivity index (χ3v) is 7.73. The van der Waals surface area contributed by atoms with Gasteiger partial charge in [0.05, 0.1) is 5.69 Å². The average molecular weight is 543 g/mol. The van der Waals surface area contributed by atoms with Gasteiger partial charge in [0.15, 0.2) is 5.65 Å². The third-order valence-electron chi connectivity index (χ3n) is 7.73. The number of hydrogen-bond donors (Lipinski definition) is 0. The number of fused-ring (bicyclic) bond motifs is 4. The quantitative estimate of drug-likeness (QED) is 0.190. The summed E-state index contributed by atoms with van der Waals surface area (Å²) in [5.41, 5.74) is 6.08. The molecule has 0 saturated heterocycles. The van der Waals surface area contributed by atoms with E-state index >= 15 is 0 Å². The first-order chi connectivity index (χ1) is 20.1. The highest BCUT2D eigenvalue weighted by atomic mass is 16.4. The van der Waals surface area contributed by atoms with E-state index < -0.39 is 0 Å². The molecule has 0 amide bonds. The van der Waals surface area contributed by atoms with Crippen molar-refractivity contribution in [3.63, 3.8) is 0 Å². The summed E-state index contributed by atoms with van der Waals surface area (Å²) in [4.78, 5) is 13.0. The number of aromatic nitrogens is 6. The summed E-state index contributed by atoms with van der Waals surface area (Å²) in [6, 6.07) is 26.2. The SMILES string of the molecule is CCCCCCn1c2ccccc2c2ccc(-c3nnc(-c4ccn5c(=O)n(-c6ccc(C)cc6)nc5c4)o3)cc21. The summed E-state index contributed by atoms with van der Waals surface area (Å²) < 4.78 is 11.5. The number of pyridine rings is 1. The maximum Gasteiger partial charge on any atom is 0.355 e. The van der Waals surface area contributed by atoms with E-state index in [9.17, 15) is 4.79 Å². The minimum absolute atomic E-state index is 0.236. The molecule has 0 atom stereocenters. The van der Waals surface area contributed by atoms with Crippen molar-refractivity contribution in [1.29, 1.82) is 0 Å². The van der Waals surface area contributed by atoms with Crippen LogP contribution in [0.4, 0.5) is 0 Å². The van der Waals surface area contributed by atoms with Crippen molar-refractivity contribution < 1.29 is 4.42 Å². The topological polar surface area (TPSA) is 83.2 Å². The highest BCUT2D eigenvalue weighted by molar-refractivity contribution is 6.08. The van der Waals surface area contributed by atoms with E-state index in [0.29, 0.717) is 28.7 Å². The van der Waals surface area contributed by atoms with Crippen LogP contribution >= 0.6 is 0 Å². The van der Waals surface area contributed by atoms with Gasteiger partial charge in [-0.1, -0.05) is 68.1 Å². The van der Waals surface area contributed by atoms with Crippen LogP contribution in [0.1, 0.15) is 38.2 Å². The van der Waals surface area contributed by atoms with Crippen molar-refractivity contribution in [2.75, 3.05) is 0 Å². The van der Waals surface area contributed by atoms with Crippen molar-refractivity contribution in [3.8, 4) is 28.6 Å². The number of para-hydroxylation sites is 1. The molecular weight excluding hydrogens is 512 g/mol. The van der Waals surface area contributed by atoms with Gasteiger partial charge in [0.25, 0.3) is 0 Å². The molecule has 0 bridgehead atoms. The van der Waals surface area contributed by atoms with E-state index in [-0.39, 0.29) is 5.69 Å². The maximum atomic E-state index is 13.0. The second kappa shape index (κ2) is 10.2. The van der Waals surface area contributed by atoms with Crippen LogP contribution in [-0.4, -0.2) is 28.9 Å². The molecule has 8 nitrogen and oxygen atoms in total. The van der Waals surface area contributed by atoms with Crippen LogP contribution in [0.5, 0.6) is 0 Å². The zero-order valence-corrected chi connectivity index (χ0v) is 23.1. The first kappa shape index (κ1) is 25.0. The van der Waals surface area contributed by atoms with E-state index in [2.05, 4.69) is 63.2 Å². The Bertz CT molecular complexity index is 2080. The molecule has 7 rings (SSSR count). The molecular formula is C33H30N6O2. The van der Waals surface area contributed by atoms with Gasteiger partial charge in [0.2, 0.25) is 11.8 Å². The van der Waals surface area contributed by atoms with Gasteiger partial charge in [-0.2, -0.15) is 4.68 Å². The second-order valence-corrected chi connectivity index (χ2v) is 10.5. The Hall–Kier alpha value is -4.98. The number of rotatable bonds is 8. The molecule has 0 saturated carbocycles. The van der Waals surface area contributed by atoms with Crippen molar-refractivity contribution in [1.82, 2.24) is 28.9 Å². The van der Waals surface area contributed by atoms with Crippen LogP contribution in [0, 0.1) is 6.92 Å². The monoisotopic (exact) mass is 542 g/mol. The van der Waals surface area contributed by atoms with E-state index in [1.807, 2.05) is 37.3 Å². The molecule has 4 heterocycles. The van der Waals surface area contributed by atoms with Gasteiger partial charge in [0.1, 0.15) is 0 Å². The molecule has 3 aromatic carbocycles. The summed E-state index contributed by atoms with van der Waals surface area (Å²) in [6.45, 7) is 5.21. The molecule has 0 N–H and O–H groups in total. The van der Waals surface area contributed by atoms with Gasteiger partial charge >= 0.3 is 5.69 Å². The molecule has 41 heavy (non-hydrogen) atoms. The fourth-order valence-electron chi connectivity index (χ4n) is 5.54. The van der Waals surface area contributed by atoms with Crippen molar-refractivity contribution >= 4 is 27.5 Å². The van der Waals surface area contributed by atoms with Crippen molar-refractivity contribution in [3.05, 3.63) is 101 Å². The predicted molar refractivity (Wildman–Crippen MR) is 161 cm³/mol. The highest BCUT2D eigenvalue weighted by Crippen LogP contribution is 2.33. The van der Waals surface area contributed by atoms with Crippen molar-refractivity contribution in [2.24, 2.45) is 0 Å². The molecule has 0 aliphatic carbocycles. The fourth-order valence-corrected chi connectivity index (χ4v) is 5.54. The summed E-state index contributed by atoms with van der Waals surface area (Å²) in [6.07, 6.45) is 6.52. The average Bonchev–Trinajstić information content (AvgIpc) is 3.70. The molecule has 4 aromatic heterocycles. The Labute approximate surface area is 236 Å². The number of unbranched alkanes of at least 4 members (excludes halogenated alkanes) is 3. The number of nitrogens with zero attached hydrogens (tertiary/aromatic N) is 6. The number of aryl methyl sites for hydroxylation is 2. The van der Waals surface area contributed by atoms with E-state index in [1.165, 1.54) is 50.2 Å². The zero-order chi connectivity index (χ0) is 27.9. The Morgan fingerprint density at radius 1 is 0.780 bits per heavy atom. The van der Waals surface area contributed by atoms with Crippen LogP contribution in [0.2, 0.25) is 0 Å². The van der Waals surface area contributed by atoms with E-state index in [0.717, 1.165) is 24.1 Å². The number of hydrogen-bond acceptors (Lipinski definition) is 5. The fraction of sp³-hybridized carbons (Fsp3) is 0.212. The molecule has 0 aliphatic heterocycles. The Morgan fingerprint density at radius 3 is 2.34 bits per heavy atom. The van der Waals surface area contributed by atoms with Gasteiger partial charge in [-0.3, -0.25) is 0 Å². The first-order valence-corrected chi connectivity index (χ1v) is 14.1. The summed E-state index contributed by atoms with van der Waals surface area (Å²) in [5, 5.41) is 15.7. The third kappa shape index (κ3) is 4.41. The smallest absolute Gasteiger partial charge is 0.355 e. The minimum Gasteiger partial charge on any atom is -0.416 e. The first-order valence-electron chi connectivity index (χ1n) is 14.1. The van der Waals surface area contributed by atoms with Crippen LogP contribution in [0.25, 0.3) is 56.0 Å². The molecule has 0 aliphatic rings. The zero-order valence-electron chi connectivity index (χ0n) is 23.1. The maximum absolute atomic E-state index is 13.0. The standard InChI is InChI=1S/C33H30N6O2/c1-3-4-5-8-18-37-28-10-7-6-9-26(28)27-16-13-23(20-29(27)37)31-34-35-32(41-31)24-17-19-38-30(21-24)36-39(33(38)40)25-14-11-22(2)12-15-25/h6-7,9-17,19-21H,3-5,8,18H2,1-2H3. The molecule has 0 spiro atoms. The minimum atomic E-state index is -0.236. The highest BCUT2D eigenvalue weighted by Gasteiger charge is 2.17. The van der Waals surface area contributed by atoms with Gasteiger partial charge in [0, 0.05) is 45.7 Å². The van der Waals surface area contributed by atoms with Gasteiger partial charge < -0.3 is 8.98 Å². The Morgan fingerprint density at radius 2 is 1.54 bits per heavy atom. The Kier molecular flexibility index (Phi) is 6.23. The molecule has 0 fully saturated rings. The van der Waals surface area contributed by atoms with Crippen LogP contribution in [-0.2, 0) is 6.54 Å². The van der Waals surface area contributed by atoms with Crippen molar-refractivity contribution in [2.45, 2.75) is 46.1 Å². The molecule has 204 valence electrons. The van der Waals surface area contributed by atoms with Crippen LogP contribution < -0.4 is 5.69 Å². The summed E-state index contributed by atoms with van der Waals surface area (Å²) in [5.74, 6) is 0.826. The molecule has 8 heteroatoms. The second-order valence-electron chi connectivity index (χ2n) is 10.5. The van der Waals surface area contributed by atoms with E-state index in [4.69, 9.17) is 4.42 Å². The Balaban J connectivity index is 1.24. The van der Waals surface area contributed by atoms with E-state index in [1.54, 1.807) is 18.3 Å². The summed E-state index contributed by atoms with van der Waals surface area (Å²) >= 11 is 0. The molecule has 7 aromatic rings. The molecule has 0 unspecified atom stereocenters. The summed E-state index contributed by atoms with van der Waals surface area (Å²) in [7, 11) is 0. The lowest BCUT2D eigenvalue weighted by Crippen LogP contribution is -2.19. The lowest BCUT2D eigenvalue weighted by atomic mass is 10.1. The lowest BCUT2D eigenvalue weighted by Gasteiger charge is -2.08. The van der Waals surface area contributed by atoms with Gasteiger partial charge in [-0.25, -0.2) is 9.20 Å². The largest absolute Gasteiger partial charge is 0.416 e. The molecule has 0 radical (unpaired) electrons. The van der Waals surface area contributed by atoms with Crippen LogP contribution in [0.3, 0.4) is 0 Å². The van der Waals surface area contributed by atoms with Gasteiger partial charge in [-0.15, -0.1) is 15.3 Å². The van der Waals surface area contributed by atoms with Gasteiger partial charge in [-0.05, 0) is 55.8 Å². The predicted octanol–water partition coefficient (Wildman–Crippen LogP) is 7.20. The van der Waals surface area contributed by atoms with Crippen LogP contribution in [0.15, 0.2) is 94.3 Å². The lowest BCUT2D eigenvalue weighted by molar-refractivity contribution is 0.584.